The fourth-order valence-electron chi connectivity index (χ4n) is 1.85. The van der Waals surface area contributed by atoms with E-state index in [1.165, 1.54) is 20.5 Å². The van der Waals surface area contributed by atoms with Crippen LogP contribution in [0.15, 0.2) is 30.5 Å². The normalized spacial score (nSPS) is 12.2. The fraction of sp³-hybridized carbons (Fsp3) is 0.429. The van der Waals surface area contributed by atoms with Gasteiger partial charge in [0.25, 0.3) is 0 Å². The van der Waals surface area contributed by atoms with Gasteiger partial charge in [-0.25, -0.2) is 0 Å². The zero-order valence-corrected chi connectivity index (χ0v) is 14.4. The molecule has 0 amide bonds. The highest BCUT2D eigenvalue weighted by atomic mass is 127. The van der Waals surface area contributed by atoms with Crippen molar-refractivity contribution in [3.63, 3.8) is 0 Å². The number of nitrogens with zero attached hydrogens (tertiary/aromatic N) is 1. The Balaban J connectivity index is 2.00. The Bertz CT molecular complexity index is 530. The van der Waals surface area contributed by atoms with Crippen molar-refractivity contribution in [1.29, 1.82) is 0 Å². The second-order valence-corrected chi connectivity index (χ2v) is 12.6. The molecule has 2 nitrogen and oxygen atoms in total. The Morgan fingerprint density at radius 3 is 2.67 bits per heavy atom. The number of rotatable bonds is 5. The lowest BCUT2D eigenvalue weighted by molar-refractivity contribution is 0.0902. The predicted molar refractivity (Wildman–Crippen MR) is 88.8 cm³/mol. The number of halogens is 1. The zero-order chi connectivity index (χ0) is 13.2. The molecule has 0 atom stereocenters. The average molecular weight is 373 g/mol. The van der Waals surface area contributed by atoms with E-state index in [0.29, 0.717) is 6.73 Å². The summed E-state index contributed by atoms with van der Waals surface area (Å²) < 4.78 is 9.30. The lowest BCUT2D eigenvalue weighted by Gasteiger charge is -2.15. The first-order valence-corrected chi connectivity index (χ1v) is 11.1. The van der Waals surface area contributed by atoms with Crippen LogP contribution < -0.4 is 0 Å². The van der Waals surface area contributed by atoms with Crippen LogP contribution in [0.4, 0.5) is 0 Å². The van der Waals surface area contributed by atoms with Crippen molar-refractivity contribution in [2.24, 2.45) is 0 Å². The van der Waals surface area contributed by atoms with Gasteiger partial charge in [0.1, 0.15) is 6.73 Å². The molecule has 2 aromatic rings. The van der Waals surface area contributed by atoms with Crippen molar-refractivity contribution >= 4 is 41.6 Å². The van der Waals surface area contributed by atoms with Gasteiger partial charge in [0.2, 0.25) is 0 Å². The van der Waals surface area contributed by atoms with Crippen LogP contribution in [-0.4, -0.2) is 19.2 Å². The minimum Gasteiger partial charge on any atom is -0.361 e. The first kappa shape index (κ1) is 14.1. The van der Waals surface area contributed by atoms with Crippen LogP contribution in [-0.2, 0) is 11.5 Å². The van der Waals surface area contributed by atoms with Crippen molar-refractivity contribution < 1.29 is 4.74 Å². The molecular formula is C14H20INOSi. The standard InChI is InChI=1S/C14H20INOSi/c1-18(2,3)9-8-17-11-16-10-13(15)12-6-4-5-7-14(12)16/h4-7,10H,8-9,11H2,1-3H3. The molecule has 0 fully saturated rings. The molecule has 4 heteroatoms. The fourth-order valence-corrected chi connectivity index (χ4v) is 3.40. The van der Waals surface area contributed by atoms with Gasteiger partial charge in [-0.3, -0.25) is 0 Å². The van der Waals surface area contributed by atoms with Crippen LogP contribution in [0.25, 0.3) is 10.9 Å². The number of benzene rings is 1. The monoisotopic (exact) mass is 373 g/mol. The molecule has 0 bridgehead atoms. The van der Waals surface area contributed by atoms with E-state index in [1.807, 2.05) is 0 Å². The molecule has 0 unspecified atom stereocenters. The Morgan fingerprint density at radius 2 is 1.94 bits per heavy atom. The molecule has 0 saturated heterocycles. The van der Waals surface area contributed by atoms with Crippen molar-refractivity contribution in [2.45, 2.75) is 32.4 Å². The van der Waals surface area contributed by atoms with Gasteiger partial charge >= 0.3 is 0 Å². The predicted octanol–water partition coefficient (Wildman–Crippen LogP) is 4.56. The molecule has 18 heavy (non-hydrogen) atoms. The summed E-state index contributed by atoms with van der Waals surface area (Å²) in [6, 6.07) is 9.70. The molecule has 0 saturated carbocycles. The summed E-state index contributed by atoms with van der Waals surface area (Å²) in [6.07, 6.45) is 2.17. The maximum atomic E-state index is 5.81. The summed E-state index contributed by atoms with van der Waals surface area (Å²) >= 11 is 2.38. The molecule has 0 aliphatic carbocycles. The summed E-state index contributed by atoms with van der Waals surface area (Å²) in [4.78, 5) is 0. The number of fused-ring (bicyclic) bond motifs is 1. The molecule has 1 heterocycles. The van der Waals surface area contributed by atoms with Crippen LogP contribution in [0.3, 0.4) is 0 Å². The number of hydrogen-bond acceptors (Lipinski definition) is 1. The largest absolute Gasteiger partial charge is 0.361 e. The summed E-state index contributed by atoms with van der Waals surface area (Å²) in [5, 5.41) is 1.31. The summed E-state index contributed by atoms with van der Waals surface area (Å²) in [7, 11) is -0.980. The third-order valence-electron chi connectivity index (χ3n) is 2.97. The van der Waals surface area contributed by atoms with Crippen molar-refractivity contribution in [3.8, 4) is 0 Å². The molecule has 98 valence electrons. The summed E-state index contributed by atoms with van der Waals surface area (Å²) in [5.74, 6) is 0. The van der Waals surface area contributed by atoms with E-state index in [0.717, 1.165) is 6.61 Å². The lowest BCUT2D eigenvalue weighted by atomic mass is 10.2. The van der Waals surface area contributed by atoms with Gasteiger partial charge in [0, 0.05) is 29.8 Å². The van der Waals surface area contributed by atoms with Gasteiger partial charge in [-0.2, -0.15) is 0 Å². The minimum absolute atomic E-state index is 0.661. The number of para-hydroxylation sites is 1. The molecule has 0 spiro atoms. The summed E-state index contributed by atoms with van der Waals surface area (Å²) in [6.45, 7) is 8.67. The SMILES string of the molecule is C[Si](C)(C)CCOCn1cc(I)c2ccccc21. The molecule has 1 aromatic carbocycles. The average Bonchev–Trinajstić information content (AvgIpc) is 2.62. The summed E-state index contributed by atoms with van der Waals surface area (Å²) in [5.41, 5.74) is 1.26. The van der Waals surface area contributed by atoms with E-state index in [2.05, 4.69) is 77.3 Å². The highest BCUT2D eigenvalue weighted by molar-refractivity contribution is 14.1. The highest BCUT2D eigenvalue weighted by Crippen LogP contribution is 2.22. The lowest BCUT2D eigenvalue weighted by Crippen LogP contribution is -2.21. The van der Waals surface area contributed by atoms with Gasteiger partial charge < -0.3 is 9.30 Å². The Kier molecular flexibility index (Phi) is 4.50. The third-order valence-corrected chi connectivity index (χ3v) is 5.53. The molecule has 0 N–H and O–H groups in total. The number of aromatic nitrogens is 1. The number of ether oxygens (including phenoxy) is 1. The van der Waals surface area contributed by atoms with Crippen molar-refractivity contribution in [3.05, 3.63) is 34.0 Å². The van der Waals surface area contributed by atoms with Crippen molar-refractivity contribution in [1.82, 2.24) is 4.57 Å². The topological polar surface area (TPSA) is 14.2 Å². The van der Waals surface area contributed by atoms with Crippen LogP contribution in [0.5, 0.6) is 0 Å². The quantitative estimate of drug-likeness (QED) is 0.426. The van der Waals surface area contributed by atoms with E-state index >= 15 is 0 Å². The van der Waals surface area contributed by atoms with Crippen LogP contribution in [0.2, 0.25) is 25.7 Å². The van der Waals surface area contributed by atoms with E-state index in [4.69, 9.17) is 4.74 Å². The first-order valence-electron chi connectivity index (χ1n) is 6.28. The van der Waals surface area contributed by atoms with E-state index in [1.54, 1.807) is 0 Å². The van der Waals surface area contributed by atoms with Gasteiger partial charge in [-0.15, -0.1) is 0 Å². The minimum atomic E-state index is -0.980. The van der Waals surface area contributed by atoms with Gasteiger partial charge in [0.05, 0.1) is 5.52 Å². The van der Waals surface area contributed by atoms with Gasteiger partial charge in [0.15, 0.2) is 0 Å². The Morgan fingerprint density at radius 1 is 1.22 bits per heavy atom. The first-order chi connectivity index (χ1) is 8.47. The maximum Gasteiger partial charge on any atom is 0.122 e. The second kappa shape index (κ2) is 5.75. The van der Waals surface area contributed by atoms with E-state index < -0.39 is 8.07 Å². The number of hydrogen-bond donors (Lipinski definition) is 0. The molecule has 1 aromatic heterocycles. The maximum absolute atomic E-state index is 5.81. The molecule has 0 radical (unpaired) electrons. The van der Waals surface area contributed by atoms with Crippen LogP contribution in [0.1, 0.15) is 0 Å². The molecular weight excluding hydrogens is 353 g/mol. The highest BCUT2D eigenvalue weighted by Gasteiger charge is 2.12. The molecule has 0 aliphatic heterocycles. The molecule has 0 aliphatic rings. The van der Waals surface area contributed by atoms with Gasteiger partial charge in [-0.1, -0.05) is 37.8 Å². The van der Waals surface area contributed by atoms with Crippen LogP contribution >= 0.6 is 22.6 Å². The van der Waals surface area contributed by atoms with E-state index in [9.17, 15) is 0 Å². The smallest absolute Gasteiger partial charge is 0.122 e. The Hall–Kier alpha value is -0.333. The molecule has 2 rings (SSSR count). The van der Waals surface area contributed by atoms with Crippen LogP contribution in [0, 0.1) is 3.57 Å². The second-order valence-electron chi connectivity index (χ2n) is 5.81. The zero-order valence-electron chi connectivity index (χ0n) is 11.2. The van der Waals surface area contributed by atoms with Gasteiger partial charge in [-0.05, 0) is 34.7 Å². The Labute approximate surface area is 123 Å². The van der Waals surface area contributed by atoms with E-state index in [-0.39, 0.29) is 0 Å². The third kappa shape index (κ3) is 3.58. The van der Waals surface area contributed by atoms with Crippen molar-refractivity contribution in [2.75, 3.05) is 6.61 Å².